The van der Waals surface area contributed by atoms with Gasteiger partial charge in [0, 0.05) is 6.54 Å². The molecule has 0 fully saturated rings. The molecule has 0 heterocycles. The van der Waals surface area contributed by atoms with Crippen molar-refractivity contribution in [3.63, 3.8) is 0 Å². The smallest absolute Gasteiger partial charge is 0.234 e. The Morgan fingerprint density at radius 2 is 1.43 bits per heavy atom. The summed E-state index contributed by atoms with van der Waals surface area (Å²) in [5.41, 5.74) is 3.28. The third-order valence-electron chi connectivity index (χ3n) is 4.60. The first kappa shape index (κ1) is 19.6. The number of carbonyl (C=O) groups excluding carboxylic acids is 1. The molecule has 1 amide bonds. The number of nitrogens with zero attached hydrogens (tertiary/aromatic N) is 1. The van der Waals surface area contributed by atoms with E-state index in [1.807, 2.05) is 96.9 Å². The molecule has 0 bridgehead atoms. The molecular weight excluding hydrogens is 348 g/mol. The molecule has 4 nitrogen and oxygen atoms in total. The Morgan fingerprint density at radius 1 is 0.893 bits per heavy atom. The average Bonchev–Trinajstić information content (AvgIpc) is 2.74. The Bertz CT molecular complexity index is 825. The van der Waals surface area contributed by atoms with Crippen LogP contribution in [0.5, 0.6) is 5.75 Å². The Labute approximate surface area is 166 Å². The number of nitrogens with one attached hydrogen (secondary N) is 1. The van der Waals surface area contributed by atoms with E-state index in [2.05, 4.69) is 5.32 Å². The van der Waals surface area contributed by atoms with Crippen LogP contribution < -0.4 is 10.1 Å². The minimum absolute atomic E-state index is 0.00582. The first-order valence-electron chi connectivity index (χ1n) is 9.36. The first-order chi connectivity index (χ1) is 13.7. The van der Waals surface area contributed by atoms with Crippen molar-refractivity contribution >= 4 is 5.91 Å². The summed E-state index contributed by atoms with van der Waals surface area (Å²) in [7, 11) is 3.60. The van der Waals surface area contributed by atoms with Crippen LogP contribution in [0.25, 0.3) is 0 Å². The van der Waals surface area contributed by atoms with E-state index in [1.54, 1.807) is 7.11 Å². The quantitative estimate of drug-likeness (QED) is 0.647. The molecule has 3 rings (SSSR count). The molecule has 0 atom stereocenters. The van der Waals surface area contributed by atoms with E-state index in [-0.39, 0.29) is 11.9 Å². The van der Waals surface area contributed by atoms with Crippen molar-refractivity contribution in [1.29, 1.82) is 0 Å². The van der Waals surface area contributed by atoms with Crippen LogP contribution >= 0.6 is 0 Å². The Balaban J connectivity index is 1.64. The molecule has 4 heteroatoms. The number of rotatable bonds is 8. The van der Waals surface area contributed by atoms with Gasteiger partial charge < -0.3 is 10.1 Å². The number of methoxy groups -OCH3 is 1. The molecule has 28 heavy (non-hydrogen) atoms. The second-order valence-electron chi connectivity index (χ2n) is 6.84. The monoisotopic (exact) mass is 374 g/mol. The van der Waals surface area contributed by atoms with Crippen molar-refractivity contribution in [3.8, 4) is 5.75 Å². The van der Waals surface area contributed by atoms with E-state index in [4.69, 9.17) is 4.74 Å². The van der Waals surface area contributed by atoms with Crippen LogP contribution in [0, 0.1) is 0 Å². The molecule has 0 aliphatic rings. The summed E-state index contributed by atoms with van der Waals surface area (Å²) >= 11 is 0. The van der Waals surface area contributed by atoms with E-state index < -0.39 is 0 Å². The zero-order valence-corrected chi connectivity index (χ0v) is 16.3. The van der Waals surface area contributed by atoms with Crippen molar-refractivity contribution < 1.29 is 9.53 Å². The Kier molecular flexibility index (Phi) is 6.82. The second-order valence-corrected chi connectivity index (χ2v) is 6.84. The maximum atomic E-state index is 12.7. The average molecular weight is 374 g/mol. The summed E-state index contributed by atoms with van der Waals surface area (Å²) in [6, 6.07) is 27.8. The minimum Gasteiger partial charge on any atom is -0.497 e. The zero-order chi connectivity index (χ0) is 19.8. The van der Waals surface area contributed by atoms with Gasteiger partial charge in [0.15, 0.2) is 0 Å². The van der Waals surface area contributed by atoms with E-state index >= 15 is 0 Å². The highest BCUT2D eigenvalue weighted by atomic mass is 16.5. The molecule has 3 aromatic carbocycles. The minimum atomic E-state index is -0.163. The normalized spacial score (nSPS) is 10.9. The Hall–Kier alpha value is -3.11. The van der Waals surface area contributed by atoms with Gasteiger partial charge in [0.2, 0.25) is 5.91 Å². The van der Waals surface area contributed by atoms with E-state index in [0.29, 0.717) is 13.1 Å². The first-order valence-corrected chi connectivity index (χ1v) is 9.36. The van der Waals surface area contributed by atoms with Crippen LogP contribution in [-0.4, -0.2) is 31.5 Å². The molecule has 0 saturated heterocycles. The van der Waals surface area contributed by atoms with Crippen LogP contribution in [0.2, 0.25) is 0 Å². The van der Waals surface area contributed by atoms with E-state index in [9.17, 15) is 4.79 Å². The molecule has 0 aliphatic carbocycles. The summed E-state index contributed by atoms with van der Waals surface area (Å²) in [5, 5.41) is 3.18. The third-order valence-corrected chi connectivity index (χ3v) is 4.60. The summed E-state index contributed by atoms with van der Waals surface area (Å²) in [6.45, 7) is 1.01. The fourth-order valence-corrected chi connectivity index (χ4v) is 3.20. The second kappa shape index (κ2) is 9.72. The molecular formula is C24H26N2O2. The highest BCUT2D eigenvalue weighted by Crippen LogP contribution is 2.21. The van der Waals surface area contributed by atoms with Gasteiger partial charge in [-0.1, -0.05) is 72.8 Å². The molecule has 0 unspecified atom stereocenters. The lowest BCUT2D eigenvalue weighted by Crippen LogP contribution is -2.37. The van der Waals surface area contributed by atoms with E-state index in [0.717, 1.165) is 22.4 Å². The van der Waals surface area contributed by atoms with Crippen molar-refractivity contribution in [2.45, 2.75) is 12.6 Å². The number of hydrogen-bond acceptors (Lipinski definition) is 3. The Morgan fingerprint density at radius 3 is 1.93 bits per heavy atom. The van der Waals surface area contributed by atoms with Crippen molar-refractivity contribution in [1.82, 2.24) is 10.2 Å². The number of amides is 1. The highest BCUT2D eigenvalue weighted by Gasteiger charge is 2.17. The van der Waals surface area contributed by atoms with Gasteiger partial charge in [-0.3, -0.25) is 9.69 Å². The van der Waals surface area contributed by atoms with Crippen LogP contribution in [-0.2, 0) is 11.3 Å². The van der Waals surface area contributed by atoms with E-state index in [1.165, 1.54) is 0 Å². The maximum absolute atomic E-state index is 12.7. The fourth-order valence-electron chi connectivity index (χ4n) is 3.20. The standard InChI is InChI=1S/C24H26N2O2/c1-26(17-19-13-15-22(28-2)16-14-19)18-23(27)25-24(20-9-5-3-6-10-20)21-11-7-4-8-12-21/h3-16,24H,17-18H2,1-2H3,(H,25,27). The van der Waals surface area contributed by atoms with Crippen LogP contribution in [0.1, 0.15) is 22.7 Å². The number of carbonyl (C=O) groups is 1. The fraction of sp³-hybridized carbons (Fsp3) is 0.208. The third kappa shape index (κ3) is 5.44. The van der Waals surface area contributed by atoms with Gasteiger partial charge in [0.1, 0.15) is 5.75 Å². The SMILES string of the molecule is COc1ccc(CN(C)CC(=O)NC(c2ccccc2)c2ccccc2)cc1. The lowest BCUT2D eigenvalue weighted by Gasteiger charge is -2.22. The molecule has 0 radical (unpaired) electrons. The van der Waals surface area contributed by atoms with Crippen molar-refractivity contribution in [3.05, 3.63) is 102 Å². The molecule has 3 aromatic rings. The van der Waals surface area contributed by atoms with Crippen LogP contribution in [0.4, 0.5) is 0 Å². The summed E-state index contributed by atoms with van der Waals surface area (Å²) in [6.07, 6.45) is 0. The number of likely N-dealkylation sites (N-methyl/N-ethyl adjacent to an activating group) is 1. The number of ether oxygens (including phenoxy) is 1. The topological polar surface area (TPSA) is 41.6 Å². The van der Waals surface area contributed by atoms with Crippen LogP contribution in [0.3, 0.4) is 0 Å². The summed E-state index contributed by atoms with van der Waals surface area (Å²) < 4.78 is 5.19. The predicted molar refractivity (Wildman–Crippen MR) is 112 cm³/mol. The van der Waals surface area contributed by atoms with Gasteiger partial charge in [0.05, 0.1) is 19.7 Å². The molecule has 0 aromatic heterocycles. The molecule has 0 saturated carbocycles. The molecule has 144 valence electrons. The summed E-state index contributed by atoms with van der Waals surface area (Å²) in [5.74, 6) is 0.825. The summed E-state index contributed by atoms with van der Waals surface area (Å²) in [4.78, 5) is 14.7. The van der Waals surface area contributed by atoms with Gasteiger partial charge in [-0.05, 0) is 35.9 Å². The molecule has 1 N–H and O–H groups in total. The number of benzene rings is 3. The van der Waals surface area contributed by atoms with Gasteiger partial charge in [-0.25, -0.2) is 0 Å². The number of hydrogen-bond donors (Lipinski definition) is 1. The lowest BCUT2D eigenvalue weighted by atomic mass is 9.99. The molecule has 0 aliphatic heterocycles. The lowest BCUT2D eigenvalue weighted by molar-refractivity contribution is -0.122. The zero-order valence-electron chi connectivity index (χ0n) is 16.3. The predicted octanol–water partition coefficient (Wildman–Crippen LogP) is 4.03. The van der Waals surface area contributed by atoms with Gasteiger partial charge in [-0.2, -0.15) is 0 Å². The van der Waals surface area contributed by atoms with Gasteiger partial charge in [-0.15, -0.1) is 0 Å². The van der Waals surface area contributed by atoms with Crippen molar-refractivity contribution in [2.24, 2.45) is 0 Å². The molecule has 0 spiro atoms. The largest absolute Gasteiger partial charge is 0.497 e. The van der Waals surface area contributed by atoms with Gasteiger partial charge >= 0.3 is 0 Å². The maximum Gasteiger partial charge on any atom is 0.234 e. The van der Waals surface area contributed by atoms with Crippen LogP contribution in [0.15, 0.2) is 84.9 Å². The highest BCUT2D eigenvalue weighted by molar-refractivity contribution is 5.79. The van der Waals surface area contributed by atoms with Crippen molar-refractivity contribution in [2.75, 3.05) is 20.7 Å². The van der Waals surface area contributed by atoms with Gasteiger partial charge in [0.25, 0.3) is 0 Å².